The van der Waals surface area contributed by atoms with E-state index in [1.807, 2.05) is 6.08 Å². The molecule has 3 heterocycles. The number of hydrogen-bond acceptors (Lipinski definition) is 4. The Hall–Kier alpha value is -1.94. The summed E-state index contributed by atoms with van der Waals surface area (Å²) in [5.74, 6) is 0.743. The minimum atomic E-state index is -0.183. The van der Waals surface area contributed by atoms with Crippen LogP contribution in [0.25, 0.3) is 11.0 Å². The fourth-order valence-electron chi connectivity index (χ4n) is 2.53. The minimum absolute atomic E-state index is 0.0588. The van der Waals surface area contributed by atoms with E-state index < -0.39 is 0 Å². The van der Waals surface area contributed by atoms with Crippen LogP contribution >= 0.6 is 11.6 Å². The predicted molar refractivity (Wildman–Crippen MR) is 69.7 cm³/mol. The lowest BCUT2D eigenvalue weighted by Gasteiger charge is -2.25. The van der Waals surface area contributed by atoms with Gasteiger partial charge in [-0.3, -0.25) is 4.79 Å². The molecule has 0 unspecified atom stereocenters. The van der Waals surface area contributed by atoms with Gasteiger partial charge in [-0.05, 0) is 24.3 Å². The highest BCUT2D eigenvalue weighted by molar-refractivity contribution is 6.31. The molecule has 0 spiro atoms. The van der Waals surface area contributed by atoms with Crippen molar-refractivity contribution in [1.29, 1.82) is 0 Å². The summed E-state index contributed by atoms with van der Waals surface area (Å²) in [5, 5.41) is 0.935. The topological polar surface area (TPSA) is 48.7 Å². The third-order valence-electron chi connectivity index (χ3n) is 3.47. The highest BCUT2D eigenvalue weighted by Crippen LogP contribution is 2.38. The highest BCUT2D eigenvalue weighted by atomic mass is 35.5. The molecule has 0 bridgehead atoms. The molecule has 0 saturated heterocycles. The van der Waals surface area contributed by atoms with Gasteiger partial charge in [-0.1, -0.05) is 11.6 Å². The zero-order valence-electron chi connectivity index (χ0n) is 9.76. The van der Waals surface area contributed by atoms with E-state index in [1.165, 1.54) is 0 Å². The van der Waals surface area contributed by atoms with Crippen molar-refractivity contribution in [3.05, 3.63) is 51.5 Å². The quantitative estimate of drug-likeness (QED) is 0.742. The standard InChI is InChI=1S/C14H9ClO4/c15-7-1-2-10-9(5-7)12(16)14-13(19-10)8-3-4-17-11(8)6-18-14/h1-5,8,11H,6H2/t8-,11-/m1/s1. The molecule has 4 nitrogen and oxygen atoms in total. The first kappa shape index (κ1) is 10.9. The molecule has 2 aromatic rings. The fraction of sp³-hybridized carbons (Fsp3) is 0.214. The van der Waals surface area contributed by atoms with E-state index in [0.717, 1.165) is 0 Å². The molecule has 0 saturated carbocycles. The molecule has 19 heavy (non-hydrogen) atoms. The Morgan fingerprint density at radius 3 is 3.11 bits per heavy atom. The Kier molecular flexibility index (Phi) is 2.17. The van der Waals surface area contributed by atoms with Crippen molar-refractivity contribution in [2.24, 2.45) is 0 Å². The van der Waals surface area contributed by atoms with Gasteiger partial charge in [0.25, 0.3) is 0 Å². The van der Waals surface area contributed by atoms with E-state index in [1.54, 1.807) is 24.5 Å². The maximum Gasteiger partial charge on any atom is 0.234 e. The maximum absolute atomic E-state index is 12.4. The Morgan fingerprint density at radius 1 is 1.32 bits per heavy atom. The van der Waals surface area contributed by atoms with Crippen LogP contribution < -0.4 is 10.2 Å². The van der Waals surface area contributed by atoms with E-state index in [-0.39, 0.29) is 23.2 Å². The average molecular weight is 277 g/mol. The Labute approximate surface area is 113 Å². The van der Waals surface area contributed by atoms with Crippen molar-refractivity contribution in [2.75, 3.05) is 6.61 Å². The summed E-state index contributed by atoms with van der Waals surface area (Å²) in [6.45, 7) is 0.349. The zero-order valence-corrected chi connectivity index (χ0v) is 10.5. The zero-order chi connectivity index (χ0) is 13.0. The van der Waals surface area contributed by atoms with E-state index in [0.29, 0.717) is 28.4 Å². The molecule has 0 amide bonds. The highest BCUT2D eigenvalue weighted by Gasteiger charge is 2.37. The van der Waals surface area contributed by atoms with E-state index in [9.17, 15) is 4.79 Å². The molecule has 0 N–H and O–H groups in total. The number of benzene rings is 1. The van der Waals surface area contributed by atoms with E-state index >= 15 is 0 Å². The van der Waals surface area contributed by atoms with E-state index in [2.05, 4.69) is 0 Å². The van der Waals surface area contributed by atoms with E-state index in [4.69, 9.17) is 25.5 Å². The van der Waals surface area contributed by atoms with Crippen molar-refractivity contribution in [3.63, 3.8) is 0 Å². The summed E-state index contributed by atoms with van der Waals surface area (Å²) < 4.78 is 16.7. The third kappa shape index (κ3) is 1.50. The lowest BCUT2D eigenvalue weighted by Crippen LogP contribution is -2.31. The molecule has 0 aliphatic carbocycles. The summed E-state index contributed by atoms with van der Waals surface area (Å²) >= 11 is 5.91. The van der Waals surface area contributed by atoms with Crippen LogP contribution in [0.3, 0.4) is 0 Å². The predicted octanol–water partition coefficient (Wildman–Crippen LogP) is 2.83. The second kappa shape index (κ2) is 3.78. The van der Waals surface area contributed by atoms with Crippen LogP contribution in [0.5, 0.6) is 5.75 Å². The van der Waals surface area contributed by atoms with Crippen LogP contribution in [-0.4, -0.2) is 12.7 Å². The summed E-state index contributed by atoms with van der Waals surface area (Å²) in [6, 6.07) is 4.99. The first-order chi connectivity index (χ1) is 9.24. The summed E-state index contributed by atoms with van der Waals surface area (Å²) in [5.41, 5.74) is 0.329. The second-order valence-electron chi connectivity index (χ2n) is 4.60. The normalized spacial score (nSPS) is 23.6. The largest absolute Gasteiger partial charge is 0.494 e. The number of halogens is 1. The van der Waals surface area contributed by atoms with Crippen LogP contribution in [0.2, 0.25) is 5.02 Å². The fourth-order valence-corrected chi connectivity index (χ4v) is 2.70. The monoisotopic (exact) mass is 276 g/mol. The number of ether oxygens (including phenoxy) is 2. The van der Waals surface area contributed by atoms with Crippen LogP contribution in [0.4, 0.5) is 0 Å². The van der Waals surface area contributed by atoms with Gasteiger partial charge < -0.3 is 13.9 Å². The third-order valence-corrected chi connectivity index (χ3v) is 3.71. The van der Waals surface area contributed by atoms with Crippen LogP contribution in [0.1, 0.15) is 11.7 Å². The van der Waals surface area contributed by atoms with Crippen LogP contribution in [0.15, 0.2) is 39.7 Å². The summed E-state index contributed by atoms with van der Waals surface area (Å²) in [4.78, 5) is 12.4. The average Bonchev–Trinajstić information content (AvgIpc) is 2.88. The number of rotatable bonds is 0. The summed E-state index contributed by atoms with van der Waals surface area (Å²) in [6.07, 6.45) is 3.40. The molecule has 2 aliphatic rings. The first-order valence-electron chi connectivity index (χ1n) is 5.95. The number of hydrogen-bond donors (Lipinski definition) is 0. The van der Waals surface area contributed by atoms with Gasteiger partial charge in [0.15, 0.2) is 5.76 Å². The molecule has 2 aliphatic heterocycles. The molecule has 1 aromatic heterocycles. The molecular weight excluding hydrogens is 268 g/mol. The molecule has 0 fully saturated rings. The molecule has 0 radical (unpaired) electrons. The van der Waals surface area contributed by atoms with Gasteiger partial charge in [0, 0.05) is 5.02 Å². The lowest BCUT2D eigenvalue weighted by molar-refractivity contribution is 0.0721. The van der Waals surface area contributed by atoms with Crippen LogP contribution in [-0.2, 0) is 4.74 Å². The SMILES string of the molecule is O=c1c2c(oc3ccc(Cl)cc13)[C@@H]1C=CO[C@@H]1CO2. The Balaban J connectivity index is 2.04. The maximum atomic E-state index is 12.4. The molecular formula is C14H9ClO4. The summed E-state index contributed by atoms with van der Waals surface area (Å²) in [7, 11) is 0. The van der Waals surface area contributed by atoms with Gasteiger partial charge in [-0.15, -0.1) is 0 Å². The van der Waals surface area contributed by atoms with Gasteiger partial charge in [0.1, 0.15) is 18.3 Å². The van der Waals surface area contributed by atoms with Gasteiger partial charge in [0.05, 0.1) is 17.6 Å². The smallest absolute Gasteiger partial charge is 0.234 e. The van der Waals surface area contributed by atoms with Gasteiger partial charge in [-0.2, -0.15) is 0 Å². The van der Waals surface area contributed by atoms with Crippen molar-refractivity contribution in [2.45, 2.75) is 12.0 Å². The Bertz CT molecular complexity index is 762. The van der Waals surface area contributed by atoms with Crippen LogP contribution in [0, 0.1) is 0 Å². The number of fused-ring (bicyclic) bond motifs is 4. The van der Waals surface area contributed by atoms with Crippen molar-refractivity contribution >= 4 is 22.6 Å². The molecule has 5 heteroatoms. The minimum Gasteiger partial charge on any atom is -0.494 e. The van der Waals surface area contributed by atoms with Gasteiger partial charge >= 0.3 is 0 Å². The van der Waals surface area contributed by atoms with Crippen molar-refractivity contribution in [3.8, 4) is 5.75 Å². The molecule has 96 valence electrons. The van der Waals surface area contributed by atoms with Gasteiger partial charge in [-0.25, -0.2) is 0 Å². The molecule has 2 atom stereocenters. The lowest BCUT2D eigenvalue weighted by atomic mass is 9.97. The molecule has 4 rings (SSSR count). The van der Waals surface area contributed by atoms with Crippen molar-refractivity contribution < 1.29 is 13.9 Å². The Morgan fingerprint density at radius 2 is 2.21 bits per heavy atom. The van der Waals surface area contributed by atoms with Crippen molar-refractivity contribution in [1.82, 2.24) is 0 Å². The molecule has 1 aromatic carbocycles. The van der Waals surface area contributed by atoms with Gasteiger partial charge in [0.2, 0.25) is 11.2 Å². The first-order valence-corrected chi connectivity index (χ1v) is 6.33. The second-order valence-corrected chi connectivity index (χ2v) is 5.04.